The Balaban J connectivity index is 4.22. The summed E-state index contributed by atoms with van der Waals surface area (Å²) in [5.74, 6) is -0.685. The molecule has 0 bridgehead atoms. The van der Waals surface area contributed by atoms with Gasteiger partial charge in [-0.25, -0.2) is 0 Å². The smallest absolute Gasteiger partial charge is 0.332 e. The van der Waals surface area contributed by atoms with E-state index in [1.165, 1.54) is 0 Å². The Morgan fingerprint density at radius 3 is 2.25 bits per heavy atom. The zero-order valence-electron chi connectivity index (χ0n) is 11.4. The summed E-state index contributed by atoms with van der Waals surface area (Å²) in [5, 5.41) is 0.644. The lowest BCUT2D eigenvalue weighted by molar-refractivity contribution is -0.121. The molecular formula is C9H21N2O7PS. The van der Waals surface area contributed by atoms with Crippen molar-refractivity contribution in [3.63, 3.8) is 0 Å². The van der Waals surface area contributed by atoms with Gasteiger partial charge in [0.2, 0.25) is 5.91 Å². The van der Waals surface area contributed by atoms with Gasteiger partial charge in [-0.15, -0.1) is 0 Å². The first-order chi connectivity index (χ1) is 9.14. The topological polar surface area (TPSA) is 145 Å². The summed E-state index contributed by atoms with van der Waals surface area (Å²) < 4.78 is 51.9. The van der Waals surface area contributed by atoms with Crippen LogP contribution in [0.1, 0.15) is 20.3 Å². The number of nitrogens with two attached hydrogens (primary N) is 1. The molecular weight excluding hydrogens is 311 g/mol. The Kier molecular flexibility index (Phi) is 8.48. The summed E-state index contributed by atoms with van der Waals surface area (Å²) in [6, 6.07) is 0. The standard InChI is InChI=1S/C9H21N2O7PS/c1-3-17-19(13,18-4-2)6-5-11-9(12)7-8(10)20(14,15)16/h8H,3-7,10H2,1-2H3,(H,11,12)(H,14,15,16). The molecule has 4 N–H and O–H groups in total. The van der Waals surface area contributed by atoms with Crippen LogP contribution in [0.5, 0.6) is 0 Å². The van der Waals surface area contributed by atoms with Crippen molar-refractivity contribution in [2.45, 2.75) is 25.6 Å². The summed E-state index contributed by atoms with van der Waals surface area (Å²) in [7, 11) is -7.71. The molecule has 0 radical (unpaired) electrons. The van der Waals surface area contributed by atoms with E-state index in [1.54, 1.807) is 13.8 Å². The van der Waals surface area contributed by atoms with Crippen LogP contribution in [0, 0.1) is 0 Å². The van der Waals surface area contributed by atoms with Crippen molar-refractivity contribution in [1.82, 2.24) is 5.32 Å². The third-order valence-corrected chi connectivity index (χ3v) is 5.13. The fourth-order valence-corrected chi connectivity index (χ4v) is 3.12. The van der Waals surface area contributed by atoms with Gasteiger partial charge in [0, 0.05) is 6.54 Å². The lowest BCUT2D eigenvalue weighted by Crippen LogP contribution is -2.37. The number of nitrogens with one attached hydrogen (secondary N) is 1. The maximum atomic E-state index is 12.0. The quantitative estimate of drug-likeness (QED) is 0.372. The molecule has 0 heterocycles. The minimum atomic E-state index is -4.46. The Bertz CT molecular complexity index is 443. The predicted octanol–water partition coefficient (Wildman–Crippen LogP) is -0.0686. The lowest BCUT2D eigenvalue weighted by atomic mass is 10.4. The van der Waals surface area contributed by atoms with Crippen molar-refractivity contribution in [2.75, 3.05) is 25.9 Å². The van der Waals surface area contributed by atoms with Gasteiger partial charge in [0.15, 0.2) is 0 Å². The van der Waals surface area contributed by atoms with E-state index in [2.05, 4.69) is 5.32 Å². The van der Waals surface area contributed by atoms with Gasteiger partial charge in [-0.3, -0.25) is 13.9 Å². The van der Waals surface area contributed by atoms with E-state index in [4.69, 9.17) is 19.3 Å². The molecule has 0 saturated carbocycles. The van der Waals surface area contributed by atoms with Crippen LogP contribution in [-0.4, -0.2) is 50.2 Å². The van der Waals surface area contributed by atoms with Crippen LogP contribution in [0.15, 0.2) is 0 Å². The minimum Gasteiger partial charge on any atom is -0.355 e. The van der Waals surface area contributed by atoms with Crippen molar-refractivity contribution >= 4 is 23.6 Å². The number of amides is 1. The van der Waals surface area contributed by atoms with Crippen molar-refractivity contribution in [3.05, 3.63) is 0 Å². The highest BCUT2D eigenvalue weighted by molar-refractivity contribution is 7.86. The second kappa shape index (κ2) is 8.71. The minimum absolute atomic E-state index is 0.0195. The van der Waals surface area contributed by atoms with Gasteiger partial charge in [-0.05, 0) is 13.8 Å². The lowest BCUT2D eigenvalue weighted by Gasteiger charge is -2.17. The van der Waals surface area contributed by atoms with Crippen LogP contribution in [0.3, 0.4) is 0 Å². The largest absolute Gasteiger partial charge is 0.355 e. The number of carbonyl (C=O) groups excluding carboxylic acids is 1. The zero-order valence-corrected chi connectivity index (χ0v) is 13.2. The fraction of sp³-hybridized carbons (Fsp3) is 0.889. The van der Waals surface area contributed by atoms with E-state index in [0.717, 1.165) is 0 Å². The molecule has 0 aromatic heterocycles. The molecule has 9 nitrogen and oxygen atoms in total. The SMILES string of the molecule is CCOP(=O)(CCNC(=O)CC(N)S(=O)(=O)O)OCC. The van der Waals surface area contributed by atoms with Crippen LogP contribution < -0.4 is 11.1 Å². The molecule has 0 rings (SSSR count). The molecule has 1 atom stereocenters. The number of hydrogen-bond donors (Lipinski definition) is 3. The molecule has 0 aliphatic rings. The molecule has 11 heteroatoms. The van der Waals surface area contributed by atoms with Crippen molar-refractivity contribution in [2.24, 2.45) is 5.73 Å². The van der Waals surface area contributed by atoms with E-state index in [0.29, 0.717) is 0 Å². The van der Waals surface area contributed by atoms with Crippen LogP contribution in [0.4, 0.5) is 0 Å². The van der Waals surface area contributed by atoms with E-state index in [-0.39, 0.29) is 25.9 Å². The predicted molar refractivity (Wildman–Crippen MR) is 72.9 cm³/mol. The summed E-state index contributed by atoms with van der Waals surface area (Å²) in [6.07, 6.45) is -0.631. The van der Waals surface area contributed by atoms with Crippen LogP contribution in [-0.2, 0) is 28.5 Å². The van der Waals surface area contributed by atoms with Crippen molar-refractivity contribution in [3.8, 4) is 0 Å². The molecule has 0 fully saturated rings. The van der Waals surface area contributed by atoms with E-state index < -0.39 is 35.4 Å². The second-order valence-electron chi connectivity index (χ2n) is 3.78. The first-order valence-corrected chi connectivity index (χ1v) is 9.24. The molecule has 0 spiro atoms. The number of carbonyl (C=O) groups is 1. The third-order valence-electron chi connectivity index (χ3n) is 2.13. The zero-order chi connectivity index (χ0) is 15.8. The van der Waals surface area contributed by atoms with Crippen molar-refractivity contribution < 1.29 is 31.4 Å². The molecule has 0 aliphatic carbocycles. The van der Waals surface area contributed by atoms with Gasteiger partial charge in [0.25, 0.3) is 10.1 Å². The molecule has 0 aromatic carbocycles. The molecule has 0 aromatic rings. The summed E-state index contributed by atoms with van der Waals surface area (Å²) in [5.41, 5.74) is 5.10. The van der Waals surface area contributed by atoms with E-state index in [1.807, 2.05) is 0 Å². The Labute approximate surface area is 118 Å². The van der Waals surface area contributed by atoms with Crippen LogP contribution >= 0.6 is 7.60 Å². The molecule has 120 valence electrons. The summed E-state index contributed by atoms with van der Waals surface area (Å²) >= 11 is 0. The molecule has 1 amide bonds. The van der Waals surface area contributed by atoms with Crippen LogP contribution in [0.2, 0.25) is 0 Å². The highest BCUT2D eigenvalue weighted by atomic mass is 32.2. The highest BCUT2D eigenvalue weighted by Gasteiger charge is 2.24. The molecule has 0 aliphatic heterocycles. The van der Waals surface area contributed by atoms with Gasteiger partial charge in [0.1, 0.15) is 5.37 Å². The monoisotopic (exact) mass is 332 g/mol. The first kappa shape index (κ1) is 19.5. The second-order valence-corrected chi connectivity index (χ2v) is 7.60. The maximum absolute atomic E-state index is 12.0. The molecule has 20 heavy (non-hydrogen) atoms. The average Bonchev–Trinajstić information content (AvgIpc) is 2.27. The number of rotatable bonds is 10. The van der Waals surface area contributed by atoms with Gasteiger partial charge in [0.05, 0.1) is 25.8 Å². The Hall–Kier alpha value is -0.510. The van der Waals surface area contributed by atoms with E-state index in [9.17, 15) is 17.8 Å². The fourth-order valence-electron chi connectivity index (χ4n) is 1.25. The summed E-state index contributed by atoms with van der Waals surface area (Å²) in [6.45, 7) is 3.72. The number of hydrogen-bond acceptors (Lipinski definition) is 7. The van der Waals surface area contributed by atoms with Gasteiger partial charge >= 0.3 is 7.60 Å². The maximum Gasteiger partial charge on any atom is 0.332 e. The van der Waals surface area contributed by atoms with Gasteiger partial charge in [-0.1, -0.05) is 0 Å². The highest BCUT2D eigenvalue weighted by Crippen LogP contribution is 2.47. The Morgan fingerprint density at radius 2 is 1.85 bits per heavy atom. The first-order valence-electron chi connectivity index (χ1n) is 6.01. The normalized spacial score (nSPS) is 14.0. The van der Waals surface area contributed by atoms with Gasteiger partial charge < -0.3 is 20.1 Å². The Morgan fingerprint density at radius 1 is 1.35 bits per heavy atom. The third kappa shape index (κ3) is 7.93. The van der Waals surface area contributed by atoms with Crippen LogP contribution in [0.25, 0.3) is 0 Å². The van der Waals surface area contributed by atoms with Crippen molar-refractivity contribution in [1.29, 1.82) is 0 Å². The van der Waals surface area contributed by atoms with Gasteiger partial charge in [-0.2, -0.15) is 8.42 Å². The molecule has 1 unspecified atom stereocenters. The van der Waals surface area contributed by atoms with E-state index >= 15 is 0 Å². The summed E-state index contributed by atoms with van der Waals surface area (Å²) in [4.78, 5) is 11.4. The molecule has 0 saturated heterocycles. The average molecular weight is 332 g/mol.